The molecule has 3 aromatic rings. The van der Waals surface area contributed by atoms with Gasteiger partial charge in [-0.15, -0.1) is 0 Å². The van der Waals surface area contributed by atoms with Crippen LogP contribution in [0.1, 0.15) is 83.2 Å². The summed E-state index contributed by atoms with van der Waals surface area (Å²) in [6, 6.07) is 14.6. The minimum Gasteiger partial charge on any atom is -0.484 e. The highest BCUT2D eigenvalue weighted by atomic mass is 16.5. The summed E-state index contributed by atoms with van der Waals surface area (Å²) in [4.78, 5) is 56.0. The summed E-state index contributed by atoms with van der Waals surface area (Å²) in [6.07, 6.45) is 6.22. The molecule has 45 heavy (non-hydrogen) atoms. The Morgan fingerprint density at radius 2 is 1.80 bits per heavy atom. The van der Waals surface area contributed by atoms with E-state index < -0.39 is 30.1 Å². The van der Waals surface area contributed by atoms with Crippen molar-refractivity contribution in [3.63, 3.8) is 0 Å². The second kappa shape index (κ2) is 13.1. The molecule has 1 saturated carbocycles. The van der Waals surface area contributed by atoms with E-state index in [1.807, 2.05) is 19.1 Å². The first-order chi connectivity index (χ1) is 21.7. The Hall–Kier alpha value is -4.67. The zero-order valence-corrected chi connectivity index (χ0v) is 25.5. The number of carbonyl (C=O) groups is 4. The zero-order valence-electron chi connectivity index (χ0n) is 25.5. The Kier molecular flexibility index (Phi) is 8.86. The van der Waals surface area contributed by atoms with Crippen LogP contribution in [0, 0.1) is 5.92 Å². The molecule has 1 aromatic heterocycles. The SMILES string of the molecule is C[C@H](NC(=O)c1nccn1C)[C@H](Oc1ccc(C(=O)O[C@H]2CCCN(C(=O)[C@H]3COC(=O)C3)C2)cc1)c1ccc(C2CC2)cc1. The number of benzene rings is 2. The van der Waals surface area contributed by atoms with Crippen molar-refractivity contribution in [3.8, 4) is 5.75 Å². The van der Waals surface area contributed by atoms with E-state index in [0.717, 1.165) is 5.56 Å². The third kappa shape index (κ3) is 7.19. The monoisotopic (exact) mass is 614 g/mol. The molecule has 1 N–H and O–H groups in total. The normalized spacial score (nSPS) is 21.0. The van der Waals surface area contributed by atoms with Crippen LogP contribution in [0.4, 0.5) is 0 Å². The number of nitrogens with one attached hydrogen (secondary N) is 1. The highest BCUT2D eigenvalue weighted by Gasteiger charge is 2.36. The van der Waals surface area contributed by atoms with Crippen LogP contribution in [-0.4, -0.2) is 70.0 Å². The topological polar surface area (TPSA) is 129 Å². The molecular weight excluding hydrogens is 576 g/mol. The predicted molar refractivity (Wildman–Crippen MR) is 162 cm³/mol. The fourth-order valence-electron chi connectivity index (χ4n) is 5.96. The van der Waals surface area contributed by atoms with Crippen LogP contribution < -0.4 is 10.1 Å². The largest absolute Gasteiger partial charge is 0.484 e. The minimum absolute atomic E-state index is 0.0934. The number of imidazole rings is 1. The lowest BCUT2D eigenvalue weighted by Crippen LogP contribution is -2.46. The Bertz CT molecular complexity index is 1550. The smallest absolute Gasteiger partial charge is 0.338 e. The summed E-state index contributed by atoms with van der Waals surface area (Å²) in [5.74, 6) is -0.287. The average molecular weight is 615 g/mol. The van der Waals surface area contributed by atoms with Crippen molar-refractivity contribution in [1.82, 2.24) is 19.8 Å². The van der Waals surface area contributed by atoms with Crippen LogP contribution >= 0.6 is 0 Å². The number of carbonyl (C=O) groups excluding carboxylic acids is 4. The van der Waals surface area contributed by atoms with Gasteiger partial charge in [0.15, 0.2) is 5.82 Å². The van der Waals surface area contributed by atoms with Crippen molar-refractivity contribution in [2.45, 2.75) is 63.2 Å². The average Bonchev–Trinajstić information content (AvgIpc) is 3.66. The number of rotatable bonds is 10. The number of aromatic nitrogens is 2. The lowest BCUT2D eigenvalue weighted by molar-refractivity contribution is -0.139. The van der Waals surface area contributed by atoms with Gasteiger partial charge in [0.1, 0.15) is 24.6 Å². The van der Waals surface area contributed by atoms with E-state index in [1.54, 1.807) is 53.2 Å². The zero-order chi connectivity index (χ0) is 31.5. The van der Waals surface area contributed by atoms with E-state index >= 15 is 0 Å². The van der Waals surface area contributed by atoms with E-state index in [-0.39, 0.29) is 30.8 Å². The van der Waals surface area contributed by atoms with Gasteiger partial charge < -0.3 is 29.0 Å². The Balaban J connectivity index is 1.10. The maximum absolute atomic E-state index is 13.0. The number of nitrogens with zero attached hydrogens (tertiary/aromatic N) is 3. The number of esters is 2. The van der Waals surface area contributed by atoms with Crippen molar-refractivity contribution >= 4 is 23.8 Å². The minimum atomic E-state index is -0.508. The van der Waals surface area contributed by atoms with E-state index in [1.165, 1.54) is 18.4 Å². The fraction of sp³-hybridized carbons (Fsp3) is 0.441. The predicted octanol–water partition coefficient (Wildman–Crippen LogP) is 3.95. The van der Waals surface area contributed by atoms with Crippen LogP contribution in [-0.2, 0) is 26.1 Å². The number of piperidine rings is 1. The molecule has 1 aliphatic carbocycles. The highest BCUT2D eigenvalue weighted by Crippen LogP contribution is 2.40. The number of hydrogen-bond acceptors (Lipinski definition) is 8. The molecule has 2 amide bonds. The molecule has 2 aromatic carbocycles. The lowest BCUT2D eigenvalue weighted by Gasteiger charge is -2.33. The van der Waals surface area contributed by atoms with Gasteiger partial charge in [0.05, 0.1) is 30.5 Å². The molecule has 3 fully saturated rings. The summed E-state index contributed by atoms with van der Waals surface area (Å²) in [5.41, 5.74) is 2.58. The van der Waals surface area contributed by atoms with Crippen molar-refractivity contribution in [2.24, 2.45) is 13.0 Å². The first-order valence-corrected chi connectivity index (χ1v) is 15.6. The summed E-state index contributed by atoms with van der Waals surface area (Å²) in [5, 5.41) is 3.03. The molecular formula is C34H38N4O7. The highest BCUT2D eigenvalue weighted by molar-refractivity contribution is 5.91. The molecule has 236 valence electrons. The van der Waals surface area contributed by atoms with Gasteiger partial charge in [-0.2, -0.15) is 0 Å². The molecule has 11 heteroatoms. The van der Waals surface area contributed by atoms with Gasteiger partial charge in [0.2, 0.25) is 5.91 Å². The summed E-state index contributed by atoms with van der Waals surface area (Å²) >= 11 is 0. The van der Waals surface area contributed by atoms with Gasteiger partial charge in [0, 0.05) is 26.0 Å². The fourth-order valence-corrected chi connectivity index (χ4v) is 5.96. The van der Waals surface area contributed by atoms with E-state index in [4.69, 9.17) is 14.2 Å². The maximum atomic E-state index is 13.0. The summed E-state index contributed by atoms with van der Waals surface area (Å²) in [7, 11) is 1.77. The number of cyclic esters (lactones) is 1. The Morgan fingerprint density at radius 1 is 1.04 bits per heavy atom. The molecule has 6 rings (SSSR count). The molecule has 11 nitrogen and oxygen atoms in total. The second-order valence-corrected chi connectivity index (χ2v) is 12.2. The Labute approximate surface area is 261 Å². The van der Waals surface area contributed by atoms with Crippen molar-refractivity contribution in [2.75, 3.05) is 19.7 Å². The van der Waals surface area contributed by atoms with Crippen molar-refractivity contribution in [3.05, 3.63) is 83.4 Å². The van der Waals surface area contributed by atoms with Gasteiger partial charge in [-0.1, -0.05) is 24.3 Å². The van der Waals surface area contributed by atoms with Crippen molar-refractivity contribution < 1.29 is 33.4 Å². The maximum Gasteiger partial charge on any atom is 0.338 e. The second-order valence-electron chi connectivity index (χ2n) is 12.2. The number of aryl methyl sites for hydroxylation is 1. The number of ether oxygens (including phenoxy) is 3. The molecule has 3 heterocycles. The number of amides is 2. The molecule has 0 unspecified atom stereocenters. The quantitative estimate of drug-likeness (QED) is 0.340. The van der Waals surface area contributed by atoms with Gasteiger partial charge in [-0.3, -0.25) is 14.4 Å². The van der Waals surface area contributed by atoms with Gasteiger partial charge >= 0.3 is 11.9 Å². The first kappa shape index (κ1) is 30.4. The van der Waals surface area contributed by atoms with Gasteiger partial charge in [0.25, 0.3) is 5.91 Å². The molecule has 2 aliphatic heterocycles. The first-order valence-electron chi connectivity index (χ1n) is 15.6. The van der Waals surface area contributed by atoms with E-state index in [9.17, 15) is 19.2 Å². The van der Waals surface area contributed by atoms with Gasteiger partial charge in [-0.25, -0.2) is 9.78 Å². The molecule has 4 atom stereocenters. The number of hydrogen-bond donors (Lipinski definition) is 1. The molecule has 0 radical (unpaired) electrons. The summed E-state index contributed by atoms with van der Waals surface area (Å²) < 4.78 is 18.8. The van der Waals surface area contributed by atoms with Crippen LogP contribution in [0.5, 0.6) is 5.75 Å². The van der Waals surface area contributed by atoms with Crippen molar-refractivity contribution in [1.29, 1.82) is 0 Å². The van der Waals surface area contributed by atoms with Gasteiger partial charge in [-0.05, 0) is 73.9 Å². The van der Waals surface area contributed by atoms with Crippen LogP contribution in [0.25, 0.3) is 0 Å². The standard InChI is InChI=1S/C34H38N4O7/c1-21(36-32(40)31-35-15-17-37(31)2)30(24-9-7-23(8-10-24)22-5-6-22)44-27-13-11-25(12-14-27)34(42)45-28-4-3-16-38(19-28)33(41)26-18-29(39)43-20-26/h7-15,17,21-22,26,28,30H,3-6,16,18-20H2,1-2H3,(H,36,40)/t21-,26+,28-,30-/m0/s1. The summed E-state index contributed by atoms with van der Waals surface area (Å²) in [6.45, 7) is 2.85. The third-order valence-electron chi connectivity index (χ3n) is 8.68. The lowest BCUT2D eigenvalue weighted by atomic mass is 10.00. The van der Waals surface area contributed by atoms with Crippen LogP contribution in [0.15, 0.2) is 60.9 Å². The van der Waals surface area contributed by atoms with Crippen LogP contribution in [0.2, 0.25) is 0 Å². The molecule has 3 aliphatic rings. The third-order valence-corrected chi connectivity index (χ3v) is 8.68. The molecule has 0 spiro atoms. The van der Waals surface area contributed by atoms with Crippen LogP contribution in [0.3, 0.4) is 0 Å². The van der Waals surface area contributed by atoms with E-state index in [2.05, 4.69) is 22.4 Å². The molecule has 2 saturated heterocycles. The number of likely N-dealkylation sites (tertiary alicyclic amines) is 1. The molecule has 0 bridgehead atoms. The van der Waals surface area contributed by atoms with E-state index in [0.29, 0.717) is 49.0 Å². The Morgan fingerprint density at radius 3 is 2.44 bits per heavy atom.